The summed E-state index contributed by atoms with van der Waals surface area (Å²) in [5, 5.41) is 9.31. The summed E-state index contributed by atoms with van der Waals surface area (Å²) >= 11 is 0. The molecule has 2 fully saturated rings. The molecule has 0 aromatic rings. The monoisotopic (exact) mass is 312 g/mol. The minimum atomic E-state index is -0.909. The fourth-order valence-corrected chi connectivity index (χ4v) is 3.58. The van der Waals surface area contributed by atoms with Crippen molar-refractivity contribution in [2.24, 2.45) is 29.1 Å². The molecule has 0 aromatic heterocycles. The molecule has 22 heavy (non-hydrogen) atoms. The Labute approximate surface area is 130 Å². The van der Waals surface area contributed by atoms with Gasteiger partial charge < -0.3 is 14.6 Å². The lowest BCUT2D eigenvalue weighted by atomic mass is 9.79. The van der Waals surface area contributed by atoms with Crippen molar-refractivity contribution in [2.45, 2.75) is 40.0 Å². The summed E-state index contributed by atoms with van der Waals surface area (Å²) in [6.45, 7) is 5.21. The van der Waals surface area contributed by atoms with Crippen LogP contribution < -0.4 is 0 Å². The maximum Gasteiger partial charge on any atom is 0.311 e. The number of aliphatic carboxylic acids is 1. The standard InChI is InChI=1S/C16H24O6/c1-16(2,3)15(20)22-7-6-21-14(19)12-10-5-4-9(8-10)11(12)13(17)18/h9-12H,4-8H2,1-3H3,(H,17,18). The molecule has 0 amide bonds. The van der Waals surface area contributed by atoms with Crippen molar-refractivity contribution in [3.05, 3.63) is 0 Å². The summed E-state index contributed by atoms with van der Waals surface area (Å²) in [7, 11) is 0. The summed E-state index contributed by atoms with van der Waals surface area (Å²) < 4.78 is 10.2. The average Bonchev–Trinajstić information content (AvgIpc) is 3.02. The zero-order chi connectivity index (χ0) is 16.5. The van der Waals surface area contributed by atoms with Gasteiger partial charge in [-0.1, -0.05) is 0 Å². The predicted octanol–water partition coefficient (Wildman–Crippen LogP) is 1.87. The Morgan fingerprint density at radius 2 is 1.55 bits per heavy atom. The number of esters is 2. The molecule has 6 nitrogen and oxygen atoms in total. The first-order chi connectivity index (χ1) is 10.2. The number of hydrogen-bond donors (Lipinski definition) is 1. The van der Waals surface area contributed by atoms with Gasteiger partial charge in [0.15, 0.2) is 0 Å². The van der Waals surface area contributed by atoms with Gasteiger partial charge in [-0.15, -0.1) is 0 Å². The zero-order valence-electron chi connectivity index (χ0n) is 13.3. The number of carboxylic acids is 1. The largest absolute Gasteiger partial charge is 0.481 e. The minimum absolute atomic E-state index is 0.000394. The van der Waals surface area contributed by atoms with Crippen LogP contribution in [0.15, 0.2) is 0 Å². The molecule has 0 radical (unpaired) electrons. The van der Waals surface area contributed by atoms with Gasteiger partial charge in [0, 0.05) is 0 Å². The van der Waals surface area contributed by atoms with Gasteiger partial charge >= 0.3 is 17.9 Å². The third-order valence-corrected chi connectivity index (χ3v) is 4.65. The van der Waals surface area contributed by atoms with Crippen LogP contribution in [0.25, 0.3) is 0 Å². The molecule has 0 heterocycles. The number of ether oxygens (including phenoxy) is 2. The van der Waals surface area contributed by atoms with E-state index in [1.807, 2.05) is 0 Å². The van der Waals surface area contributed by atoms with Gasteiger partial charge in [-0.25, -0.2) is 0 Å². The first-order valence-corrected chi connectivity index (χ1v) is 7.78. The van der Waals surface area contributed by atoms with E-state index >= 15 is 0 Å². The lowest BCUT2D eigenvalue weighted by molar-refractivity contribution is -0.164. The summed E-state index contributed by atoms with van der Waals surface area (Å²) in [4.78, 5) is 35.1. The highest BCUT2D eigenvalue weighted by Gasteiger charge is 2.54. The number of carbonyl (C=O) groups is 3. The molecule has 0 spiro atoms. The van der Waals surface area contributed by atoms with Crippen molar-refractivity contribution in [2.75, 3.05) is 13.2 Å². The third-order valence-electron chi connectivity index (χ3n) is 4.65. The smallest absolute Gasteiger partial charge is 0.311 e. The fourth-order valence-electron chi connectivity index (χ4n) is 3.58. The fraction of sp³-hybridized carbons (Fsp3) is 0.812. The Morgan fingerprint density at radius 1 is 1.00 bits per heavy atom. The van der Waals surface area contributed by atoms with E-state index in [9.17, 15) is 19.5 Å². The maximum atomic E-state index is 12.2. The van der Waals surface area contributed by atoms with Crippen LogP contribution in [0.2, 0.25) is 0 Å². The Balaban J connectivity index is 1.80. The molecule has 0 aromatic carbocycles. The first-order valence-electron chi connectivity index (χ1n) is 7.78. The van der Waals surface area contributed by atoms with Gasteiger partial charge in [0.25, 0.3) is 0 Å². The summed E-state index contributed by atoms with van der Waals surface area (Å²) in [6.07, 6.45) is 2.58. The van der Waals surface area contributed by atoms with Crippen LogP contribution in [0.3, 0.4) is 0 Å². The molecular formula is C16H24O6. The number of hydrogen-bond acceptors (Lipinski definition) is 5. The Morgan fingerprint density at radius 3 is 2.09 bits per heavy atom. The van der Waals surface area contributed by atoms with Crippen LogP contribution >= 0.6 is 0 Å². The topological polar surface area (TPSA) is 89.9 Å². The zero-order valence-corrected chi connectivity index (χ0v) is 13.3. The SMILES string of the molecule is CC(C)(C)C(=O)OCCOC(=O)C1C2CCC(C2)C1C(=O)O. The second-order valence-electron chi connectivity index (χ2n) is 7.28. The number of carbonyl (C=O) groups excluding carboxylic acids is 2. The van der Waals surface area contributed by atoms with E-state index in [0.717, 1.165) is 19.3 Å². The van der Waals surface area contributed by atoms with Crippen LogP contribution in [-0.2, 0) is 23.9 Å². The lowest BCUT2D eigenvalue weighted by Crippen LogP contribution is -2.36. The molecule has 124 valence electrons. The molecule has 4 unspecified atom stereocenters. The molecule has 0 aliphatic heterocycles. The molecule has 2 rings (SSSR count). The van der Waals surface area contributed by atoms with Gasteiger partial charge in [0.2, 0.25) is 0 Å². The molecule has 6 heteroatoms. The molecule has 0 saturated heterocycles. The van der Waals surface area contributed by atoms with E-state index in [0.29, 0.717) is 0 Å². The Bertz CT molecular complexity index is 464. The highest BCUT2D eigenvalue weighted by atomic mass is 16.6. The van der Waals surface area contributed by atoms with E-state index < -0.39 is 29.2 Å². The van der Waals surface area contributed by atoms with Gasteiger partial charge in [-0.2, -0.15) is 0 Å². The quantitative estimate of drug-likeness (QED) is 0.615. The lowest BCUT2D eigenvalue weighted by Gasteiger charge is -2.26. The van der Waals surface area contributed by atoms with Gasteiger partial charge in [0.05, 0.1) is 17.3 Å². The van der Waals surface area contributed by atoms with Crippen LogP contribution in [0, 0.1) is 29.1 Å². The van der Waals surface area contributed by atoms with Crippen molar-refractivity contribution in [1.29, 1.82) is 0 Å². The van der Waals surface area contributed by atoms with Crippen LogP contribution in [0.4, 0.5) is 0 Å². The first kappa shape index (κ1) is 16.8. The molecule has 2 aliphatic rings. The van der Waals surface area contributed by atoms with Crippen molar-refractivity contribution in [3.63, 3.8) is 0 Å². The average molecular weight is 312 g/mol. The second kappa shape index (κ2) is 6.26. The summed E-state index contributed by atoms with van der Waals surface area (Å²) in [6, 6.07) is 0. The number of rotatable bonds is 5. The van der Waals surface area contributed by atoms with Crippen LogP contribution in [-0.4, -0.2) is 36.2 Å². The van der Waals surface area contributed by atoms with Crippen molar-refractivity contribution < 1.29 is 29.0 Å². The van der Waals surface area contributed by atoms with Gasteiger partial charge in [0.1, 0.15) is 13.2 Å². The molecule has 2 saturated carbocycles. The molecule has 2 bridgehead atoms. The molecule has 4 atom stereocenters. The van der Waals surface area contributed by atoms with Gasteiger partial charge in [-0.3, -0.25) is 14.4 Å². The third kappa shape index (κ3) is 3.42. The Kier molecular flexibility index (Phi) is 4.78. The van der Waals surface area contributed by atoms with E-state index in [-0.39, 0.29) is 31.0 Å². The van der Waals surface area contributed by atoms with E-state index in [2.05, 4.69) is 0 Å². The number of carboxylic acid groups (broad SMARTS) is 1. The highest BCUT2D eigenvalue weighted by Crippen LogP contribution is 2.52. The van der Waals surface area contributed by atoms with Crippen LogP contribution in [0.5, 0.6) is 0 Å². The minimum Gasteiger partial charge on any atom is -0.481 e. The second-order valence-corrected chi connectivity index (χ2v) is 7.28. The predicted molar refractivity (Wildman–Crippen MR) is 76.8 cm³/mol. The van der Waals surface area contributed by atoms with Crippen molar-refractivity contribution in [1.82, 2.24) is 0 Å². The maximum absolute atomic E-state index is 12.2. The molecule has 1 N–H and O–H groups in total. The summed E-state index contributed by atoms with van der Waals surface area (Å²) in [5.41, 5.74) is -0.594. The van der Waals surface area contributed by atoms with E-state index in [4.69, 9.17) is 9.47 Å². The Hall–Kier alpha value is -1.59. The molecular weight excluding hydrogens is 288 g/mol. The van der Waals surface area contributed by atoms with Crippen molar-refractivity contribution >= 4 is 17.9 Å². The highest BCUT2D eigenvalue weighted by molar-refractivity contribution is 5.82. The molecule has 2 aliphatic carbocycles. The van der Waals surface area contributed by atoms with Gasteiger partial charge in [-0.05, 0) is 51.9 Å². The summed E-state index contributed by atoms with van der Waals surface area (Å²) in [5.74, 6) is -2.68. The number of fused-ring (bicyclic) bond motifs is 2. The van der Waals surface area contributed by atoms with E-state index in [1.165, 1.54) is 0 Å². The normalized spacial score (nSPS) is 30.1. The van der Waals surface area contributed by atoms with Crippen molar-refractivity contribution in [3.8, 4) is 0 Å². The van der Waals surface area contributed by atoms with Crippen LogP contribution in [0.1, 0.15) is 40.0 Å². The van der Waals surface area contributed by atoms with E-state index in [1.54, 1.807) is 20.8 Å².